The van der Waals surface area contributed by atoms with Crippen molar-refractivity contribution in [2.75, 3.05) is 56.8 Å². The molecule has 1 saturated heterocycles. The van der Waals surface area contributed by atoms with Gasteiger partial charge in [-0.15, -0.1) is 0 Å². The second-order valence-corrected chi connectivity index (χ2v) is 15.4. The fourth-order valence-electron chi connectivity index (χ4n) is 7.96. The molecule has 0 radical (unpaired) electrons. The molecule has 278 valence electrons. The first-order valence-electron chi connectivity index (χ1n) is 17.8. The average Bonchev–Trinajstić information content (AvgIpc) is 3.71. The first-order valence-corrected chi connectivity index (χ1v) is 17.8. The van der Waals surface area contributed by atoms with Crippen molar-refractivity contribution in [2.45, 2.75) is 77.0 Å². The van der Waals surface area contributed by atoms with Gasteiger partial charge in [-0.1, -0.05) is 26.7 Å². The fraction of sp³-hybridized carbons (Fsp3) is 0.568. The Kier molecular flexibility index (Phi) is 9.61. The van der Waals surface area contributed by atoms with Gasteiger partial charge in [0.2, 0.25) is 0 Å². The molecule has 4 aromatic rings. The highest BCUT2D eigenvalue weighted by Gasteiger charge is 2.39. The van der Waals surface area contributed by atoms with Crippen LogP contribution in [0.1, 0.15) is 76.1 Å². The van der Waals surface area contributed by atoms with Crippen LogP contribution in [0.4, 0.5) is 24.7 Å². The summed E-state index contributed by atoms with van der Waals surface area (Å²) in [7, 11) is 3.71. The van der Waals surface area contributed by atoms with Crippen molar-refractivity contribution in [3.63, 3.8) is 0 Å². The smallest absolute Gasteiger partial charge is 0.433 e. The number of alkyl halides is 3. The second kappa shape index (κ2) is 13.9. The maximum atomic E-state index is 14.0. The monoisotopic (exact) mass is 722 g/mol. The van der Waals surface area contributed by atoms with Crippen LogP contribution in [-0.2, 0) is 20.4 Å². The fourth-order valence-corrected chi connectivity index (χ4v) is 7.96. The van der Waals surface area contributed by atoms with Gasteiger partial charge in [-0.25, -0.2) is 29.7 Å². The minimum Gasteiger partial charge on any atom is -0.480 e. The van der Waals surface area contributed by atoms with Crippen LogP contribution in [0.5, 0.6) is 0 Å². The summed E-state index contributed by atoms with van der Waals surface area (Å²) in [6.45, 7) is 6.30. The molecule has 2 saturated carbocycles. The quantitative estimate of drug-likeness (QED) is 0.161. The molecule has 1 aliphatic heterocycles. The van der Waals surface area contributed by atoms with E-state index in [2.05, 4.69) is 19.8 Å². The first-order chi connectivity index (χ1) is 24.7. The molecule has 0 aromatic carbocycles. The maximum Gasteiger partial charge on any atom is 0.433 e. The Morgan fingerprint density at radius 2 is 1.83 bits per heavy atom. The predicted molar refractivity (Wildman–Crippen MR) is 189 cm³/mol. The molecule has 5 heterocycles. The molecule has 3 aliphatic rings. The van der Waals surface area contributed by atoms with Crippen LogP contribution in [-0.4, -0.2) is 94.1 Å². The van der Waals surface area contributed by atoms with Crippen molar-refractivity contribution in [1.82, 2.24) is 29.9 Å². The molecule has 4 aromatic heterocycles. The minimum atomic E-state index is -4.59. The lowest BCUT2D eigenvalue weighted by molar-refractivity contribution is -0.147. The third-order valence-corrected chi connectivity index (χ3v) is 10.7. The lowest BCUT2D eigenvalue weighted by Crippen LogP contribution is -2.50. The summed E-state index contributed by atoms with van der Waals surface area (Å²) in [5.41, 5.74) is 2.14. The molecule has 7 rings (SSSR count). The number of ether oxygens (including phenoxy) is 2. The van der Waals surface area contributed by atoms with E-state index < -0.39 is 17.8 Å². The van der Waals surface area contributed by atoms with Gasteiger partial charge < -0.3 is 29.4 Å². The first kappa shape index (κ1) is 36.0. The number of nitrogens with one attached hydrogen (secondary N) is 1. The molecule has 3 fully saturated rings. The number of pyridine rings is 2. The Morgan fingerprint density at radius 3 is 2.46 bits per heavy atom. The number of carboxylic acid groups (broad SMARTS) is 1. The van der Waals surface area contributed by atoms with Crippen LogP contribution in [0.25, 0.3) is 33.9 Å². The van der Waals surface area contributed by atoms with Crippen molar-refractivity contribution in [3.8, 4) is 22.8 Å². The summed E-state index contributed by atoms with van der Waals surface area (Å²) in [5, 5.41) is 9.06. The number of aromatic amines is 1. The van der Waals surface area contributed by atoms with Crippen molar-refractivity contribution in [2.24, 2.45) is 10.8 Å². The molecular weight excluding hydrogens is 677 g/mol. The van der Waals surface area contributed by atoms with Gasteiger partial charge >= 0.3 is 12.1 Å². The van der Waals surface area contributed by atoms with E-state index in [1.165, 1.54) is 0 Å². The number of rotatable bonds is 12. The molecule has 0 spiro atoms. The third-order valence-electron chi connectivity index (χ3n) is 10.7. The van der Waals surface area contributed by atoms with Crippen LogP contribution in [0.15, 0.2) is 30.6 Å². The molecule has 1 unspecified atom stereocenters. The molecule has 15 heteroatoms. The summed E-state index contributed by atoms with van der Waals surface area (Å²) in [5.74, 6) is 0.140. The Balaban J connectivity index is 1.23. The van der Waals surface area contributed by atoms with Gasteiger partial charge in [-0.05, 0) is 50.3 Å². The van der Waals surface area contributed by atoms with Crippen LogP contribution in [0, 0.1) is 10.8 Å². The SMILES string of the molecule is COCC1(CN(C)c2cc(-c3cc(C4CC4)nc(C(F)(F)F)c3)nc3nc(-c4cnc(N5CCC(OCC(=O)O)C(C)(C)C5)cn4)[nH]c23)CCCC1. The predicted octanol–water partition coefficient (Wildman–Crippen LogP) is 6.72. The van der Waals surface area contributed by atoms with Crippen LogP contribution in [0.3, 0.4) is 0 Å². The van der Waals surface area contributed by atoms with Gasteiger partial charge in [0, 0.05) is 61.8 Å². The van der Waals surface area contributed by atoms with Crippen LogP contribution in [0.2, 0.25) is 0 Å². The number of hydrogen-bond acceptors (Lipinski definition) is 10. The second-order valence-electron chi connectivity index (χ2n) is 15.4. The summed E-state index contributed by atoms with van der Waals surface area (Å²) in [6.07, 6.45) is 5.10. The Labute approximate surface area is 300 Å². The highest BCUT2D eigenvalue weighted by atomic mass is 19.4. The van der Waals surface area contributed by atoms with Gasteiger partial charge in [0.05, 0.1) is 36.5 Å². The number of imidazole rings is 1. The zero-order chi connectivity index (χ0) is 36.8. The number of anilines is 2. The van der Waals surface area contributed by atoms with Gasteiger partial charge in [0.1, 0.15) is 29.3 Å². The summed E-state index contributed by atoms with van der Waals surface area (Å²) < 4.78 is 53.4. The van der Waals surface area contributed by atoms with Crippen LogP contribution < -0.4 is 9.80 Å². The number of hydrogen-bond donors (Lipinski definition) is 2. The maximum absolute atomic E-state index is 14.0. The van der Waals surface area contributed by atoms with E-state index in [-0.39, 0.29) is 29.5 Å². The van der Waals surface area contributed by atoms with E-state index in [4.69, 9.17) is 34.5 Å². The molecule has 1 atom stereocenters. The van der Waals surface area contributed by atoms with E-state index in [1.54, 1.807) is 25.6 Å². The van der Waals surface area contributed by atoms with Crippen molar-refractivity contribution in [3.05, 3.63) is 42.0 Å². The standard InChI is InChI=1S/C37H45F3N8O4/c1-35(2)19-48(12-9-29(35)52-18-31(49)50)30-17-41-26(16-42-30)33-45-32-27(47(3)20-36(21-51-4)10-5-6-11-36)15-25(44-34(32)46-33)23-13-24(22-7-8-22)43-28(14-23)37(38,39)40/h13-17,22,29H,5-12,18-21H2,1-4H3,(H,49,50)(H,44,45,46). The number of methoxy groups -OCH3 is 1. The summed E-state index contributed by atoms with van der Waals surface area (Å²) in [4.78, 5) is 41.7. The molecular formula is C37H45F3N8O4. The van der Waals surface area contributed by atoms with E-state index in [0.29, 0.717) is 78.1 Å². The highest BCUT2D eigenvalue weighted by molar-refractivity contribution is 5.91. The van der Waals surface area contributed by atoms with E-state index in [0.717, 1.165) is 50.3 Å². The topological polar surface area (TPSA) is 142 Å². The number of nitrogens with zero attached hydrogens (tertiary/aromatic N) is 7. The zero-order valence-electron chi connectivity index (χ0n) is 30.0. The molecule has 0 bridgehead atoms. The Morgan fingerprint density at radius 1 is 1.06 bits per heavy atom. The number of piperidine rings is 1. The van der Waals surface area contributed by atoms with Gasteiger partial charge in [0.15, 0.2) is 11.5 Å². The number of fused-ring (bicyclic) bond motifs is 1. The van der Waals surface area contributed by atoms with Crippen molar-refractivity contribution < 1.29 is 32.5 Å². The Hall–Kier alpha value is -4.37. The van der Waals surface area contributed by atoms with Crippen molar-refractivity contribution in [1.29, 1.82) is 0 Å². The van der Waals surface area contributed by atoms with Gasteiger partial charge in [0.25, 0.3) is 0 Å². The van der Waals surface area contributed by atoms with Crippen LogP contribution >= 0.6 is 0 Å². The number of halogens is 3. The van der Waals surface area contributed by atoms with E-state index >= 15 is 0 Å². The Bertz CT molecular complexity index is 1920. The summed E-state index contributed by atoms with van der Waals surface area (Å²) >= 11 is 0. The lowest BCUT2D eigenvalue weighted by atomic mass is 9.81. The highest BCUT2D eigenvalue weighted by Crippen LogP contribution is 2.44. The minimum absolute atomic E-state index is 0.0180. The number of carboxylic acids is 1. The molecule has 52 heavy (non-hydrogen) atoms. The zero-order valence-corrected chi connectivity index (χ0v) is 30.0. The van der Waals surface area contributed by atoms with Crippen molar-refractivity contribution >= 4 is 28.6 Å². The largest absolute Gasteiger partial charge is 0.480 e. The number of aliphatic carboxylic acids is 1. The molecule has 12 nitrogen and oxygen atoms in total. The third kappa shape index (κ3) is 7.56. The lowest BCUT2D eigenvalue weighted by Gasteiger charge is -2.44. The van der Waals surface area contributed by atoms with E-state index in [9.17, 15) is 18.0 Å². The number of H-pyrrole nitrogens is 1. The van der Waals surface area contributed by atoms with E-state index in [1.807, 2.05) is 27.0 Å². The molecule has 0 amide bonds. The average molecular weight is 723 g/mol. The molecule has 2 N–H and O–H groups in total. The number of carbonyl (C=O) groups is 1. The summed E-state index contributed by atoms with van der Waals surface area (Å²) in [6, 6.07) is 4.65. The van der Waals surface area contributed by atoms with Gasteiger partial charge in [-0.3, -0.25) is 0 Å². The molecule has 2 aliphatic carbocycles. The van der Waals surface area contributed by atoms with Gasteiger partial charge in [-0.2, -0.15) is 13.2 Å². The number of aromatic nitrogens is 6. The normalized spacial score (nSPS) is 20.1.